The summed E-state index contributed by atoms with van der Waals surface area (Å²) < 4.78 is 14.3. The quantitative estimate of drug-likeness (QED) is 0.877. The van der Waals surface area contributed by atoms with Gasteiger partial charge in [0.1, 0.15) is 5.82 Å². The zero-order valence-corrected chi connectivity index (χ0v) is 11.8. The molecule has 0 aliphatic carbocycles. The topological polar surface area (TPSA) is 12.0 Å². The molecule has 2 heteroatoms. The largest absolute Gasteiger partial charge is 0.316 e. The first-order valence-electron chi connectivity index (χ1n) is 7.30. The van der Waals surface area contributed by atoms with E-state index in [0.717, 1.165) is 36.2 Å². The molecule has 1 heterocycles. The summed E-state index contributed by atoms with van der Waals surface area (Å²) in [6.45, 7) is 4.12. The summed E-state index contributed by atoms with van der Waals surface area (Å²) in [4.78, 5) is 0. The average Bonchev–Trinajstić information content (AvgIpc) is 2.63. The molecule has 1 nitrogen and oxygen atoms in total. The first kappa shape index (κ1) is 13.3. The molecule has 0 saturated carbocycles. The van der Waals surface area contributed by atoms with Crippen LogP contribution in [-0.4, -0.2) is 13.1 Å². The molecule has 1 aliphatic heterocycles. The summed E-state index contributed by atoms with van der Waals surface area (Å²) in [5.41, 5.74) is 4.44. The Kier molecular flexibility index (Phi) is 3.83. The maximum atomic E-state index is 14.3. The fraction of sp³-hybridized carbons (Fsp3) is 0.333. The predicted molar refractivity (Wildman–Crippen MR) is 80.6 cm³/mol. The summed E-state index contributed by atoms with van der Waals surface area (Å²) in [6.07, 6.45) is 1.59. The van der Waals surface area contributed by atoms with Gasteiger partial charge < -0.3 is 5.32 Å². The fourth-order valence-electron chi connectivity index (χ4n) is 2.96. The second-order valence-electron chi connectivity index (χ2n) is 5.66. The van der Waals surface area contributed by atoms with Crippen molar-refractivity contribution in [3.05, 3.63) is 70.5 Å². The molecule has 1 atom stereocenters. The third-order valence-corrected chi connectivity index (χ3v) is 4.10. The Balaban J connectivity index is 1.96. The second kappa shape index (κ2) is 5.76. The van der Waals surface area contributed by atoms with Crippen molar-refractivity contribution in [2.45, 2.75) is 25.7 Å². The molecule has 1 aliphatic rings. The van der Waals surface area contributed by atoms with Crippen LogP contribution in [0.1, 0.15) is 35.1 Å². The summed E-state index contributed by atoms with van der Waals surface area (Å²) >= 11 is 0. The molecule has 2 aromatic rings. The number of halogens is 1. The van der Waals surface area contributed by atoms with E-state index in [0.29, 0.717) is 12.3 Å². The molecule has 20 heavy (non-hydrogen) atoms. The van der Waals surface area contributed by atoms with Gasteiger partial charge in [-0.05, 0) is 47.2 Å². The summed E-state index contributed by atoms with van der Waals surface area (Å²) in [5, 5.41) is 3.41. The first-order valence-corrected chi connectivity index (χ1v) is 7.30. The maximum Gasteiger partial charge on any atom is 0.127 e. The van der Waals surface area contributed by atoms with Crippen LogP contribution < -0.4 is 5.32 Å². The Labute approximate surface area is 119 Å². The molecule has 2 aromatic carbocycles. The zero-order valence-electron chi connectivity index (χ0n) is 11.8. The van der Waals surface area contributed by atoms with Gasteiger partial charge in [-0.2, -0.15) is 0 Å². The molecule has 0 spiro atoms. The smallest absolute Gasteiger partial charge is 0.127 e. The van der Waals surface area contributed by atoms with Gasteiger partial charge in [-0.25, -0.2) is 4.39 Å². The lowest BCUT2D eigenvalue weighted by atomic mass is 9.91. The van der Waals surface area contributed by atoms with Gasteiger partial charge >= 0.3 is 0 Å². The van der Waals surface area contributed by atoms with Crippen LogP contribution >= 0.6 is 0 Å². The number of nitrogens with one attached hydrogen (secondary N) is 1. The number of hydrogen-bond donors (Lipinski definition) is 1. The zero-order chi connectivity index (χ0) is 13.9. The Bertz CT molecular complexity index is 592. The molecule has 0 fully saturated rings. The van der Waals surface area contributed by atoms with Crippen LogP contribution in [-0.2, 0) is 12.8 Å². The first-order chi connectivity index (χ1) is 9.74. The number of benzene rings is 2. The SMILES string of the molecule is C[C@H]1CNCCc2cc(F)c(Cc3ccccc3)cc21. The molecule has 0 bridgehead atoms. The van der Waals surface area contributed by atoms with Crippen LogP contribution in [0.25, 0.3) is 0 Å². The van der Waals surface area contributed by atoms with Crippen molar-refractivity contribution in [1.29, 1.82) is 0 Å². The summed E-state index contributed by atoms with van der Waals surface area (Å²) in [6, 6.07) is 13.9. The average molecular weight is 269 g/mol. The highest BCUT2D eigenvalue weighted by Crippen LogP contribution is 2.26. The summed E-state index contributed by atoms with van der Waals surface area (Å²) in [7, 11) is 0. The van der Waals surface area contributed by atoms with Gasteiger partial charge in [0.05, 0.1) is 0 Å². The standard InChI is InChI=1S/C18H20FN/c1-13-12-20-8-7-15-11-18(19)16(10-17(13)15)9-14-5-3-2-4-6-14/h2-6,10-11,13,20H,7-9,12H2,1H3/t13-/m0/s1. The third-order valence-electron chi connectivity index (χ3n) is 4.10. The van der Waals surface area contributed by atoms with Crippen LogP contribution in [0.5, 0.6) is 0 Å². The van der Waals surface area contributed by atoms with E-state index < -0.39 is 0 Å². The predicted octanol–water partition coefficient (Wildman–Crippen LogP) is 3.67. The number of rotatable bonds is 2. The monoisotopic (exact) mass is 269 g/mol. The van der Waals surface area contributed by atoms with Crippen LogP contribution in [0.2, 0.25) is 0 Å². The summed E-state index contributed by atoms with van der Waals surface area (Å²) in [5.74, 6) is 0.379. The molecule has 0 amide bonds. The fourth-order valence-corrected chi connectivity index (χ4v) is 2.96. The van der Waals surface area contributed by atoms with Crippen LogP contribution in [0.4, 0.5) is 4.39 Å². The minimum atomic E-state index is -0.0679. The van der Waals surface area contributed by atoms with Crippen molar-refractivity contribution in [2.75, 3.05) is 13.1 Å². The molecule has 3 rings (SSSR count). The minimum Gasteiger partial charge on any atom is -0.316 e. The van der Waals surface area contributed by atoms with Gasteiger partial charge in [-0.3, -0.25) is 0 Å². The lowest BCUT2D eigenvalue weighted by molar-refractivity contribution is 0.609. The van der Waals surface area contributed by atoms with Crippen molar-refractivity contribution >= 4 is 0 Å². The molecule has 0 aromatic heterocycles. The molecular formula is C18H20FN. The van der Waals surface area contributed by atoms with E-state index >= 15 is 0 Å². The van der Waals surface area contributed by atoms with Gasteiger partial charge in [-0.15, -0.1) is 0 Å². The van der Waals surface area contributed by atoms with Gasteiger partial charge in [0, 0.05) is 13.0 Å². The van der Waals surface area contributed by atoms with Crippen molar-refractivity contribution in [3.63, 3.8) is 0 Å². The Morgan fingerprint density at radius 2 is 2.00 bits per heavy atom. The van der Waals surface area contributed by atoms with Gasteiger partial charge in [0.25, 0.3) is 0 Å². The molecule has 1 N–H and O–H groups in total. The van der Waals surface area contributed by atoms with E-state index in [1.54, 1.807) is 6.07 Å². The van der Waals surface area contributed by atoms with E-state index in [2.05, 4.69) is 30.4 Å². The highest BCUT2D eigenvalue weighted by molar-refractivity contribution is 5.39. The number of fused-ring (bicyclic) bond motifs is 1. The van der Waals surface area contributed by atoms with Crippen LogP contribution in [0, 0.1) is 5.82 Å². The van der Waals surface area contributed by atoms with E-state index in [4.69, 9.17) is 0 Å². The van der Waals surface area contributed by atoms with Crippen molar-refractivity contribution in [3.8, 4) is 0 Å². The molecule has 104 valence electrons. The Morgan fingerprint density at radius 3 is 2.80 bits per heavy atom. The minimum absolute atomic E-state index is 0.0679. The highest BCUT2D eigenvalue weighted by atomic mass is 19.1. The number of hydrogen-bond acceptors (Lipinski definition) is 1. The molecular weight excluding hydrogens is 249 g/mol. The maximum absolute atomic E-state index is 14.3. The Hall–Kier alpha value is -1.67. The van der Waals surface area contributed by atoms with E-state index in [1.165, 1.54) is 5.56 Å². The second-order valence-corrected chi connectivity index (χ2v) is 5.66. The van der Waals surface area contributed by atoms with Crippen molar-refractivity contribution in [1.82, 2.24) is 5.32 Å². The van der Waals surface area contributed by atoms with Gasteiger partial charge in [0.2, 0.25) is 0 Å². The third kappa shape index (κ3) is 2.75. The highest BCUT2D eigenvalue weighted by Gasteiger charge is 2.17. The lowest BCUT2D eigenvalue weighted by Crippen LogP contribution is -2.18. The van der Waals surface area contributed by atoms with E-state index in [9.17, 15) is 4.39 Å². The van der Waals surface area contributed by atoms with Gasteiger partial charge in [0.15, 0.2) is 0 Å². The molecule has 0 unspecified atom stereocenters. The molecule has 0 saturated heterocycles. The van der Waals surface area contributed by atoms with Crippen LogP contribution in [0.15, 0.2) is 42.5 Å². The lowest BCUT2D eigenvalue weighted by Gasteiger charge is -2.15. The normalized spacial score (nSPS) is 18.4. The van der Waals surface area contributed by atoms with Crippen molar-refractivity contribution in [2.24, 2.45) is 0 Å². The Morgan fingerprint density at radius 1 is 1.20 bits per heavy atom. The van der Waals surface area contributed by atoms with Crippen LogP contribution in [0.3, 0.4) is 0 Å². The van der Waals surface area contributed by atoms with Gasteiger partial charge in [-0.1, -0.05) is 43.3 Å². The van der Waals surface area contributed by atoms with E-state index in [1.807, 2.05) is 18.2 Å². The van der Waals surface area contributed by atoms with E-state index in [-0.39, 0.29) is 5.82 Å². The van der Waals surface area contributed by atoms with Crippen molar-refractivity contribution < 1.29 is 4.39 Å². The molecule has 0 radical (unpaired) electrons.